The molecule has 0 saturated carbocycles. The van der Waals surface area contributed by atoms with E-state index in [0.717, 1.165) is 13.1 Å². The first-order chi connectivity index (χ1) is 8.06. The lowest BCUT2D eigenvalue weighted by atomic mass is 10.2. The Balaban J connectivity index is 2.02. The van der Waals surface area contributed by atoms with E-state index in [-0.39, 0.29) is 0 Å². The van der Waals surface area contributed by atoms with Gasteiger partial charge in [-0.1, -0.05) is 29.8 Å². The molecule has 1 heterocycles. The van der Waals surface area contributed by atoms with Crippen LogP contribution in [0.15, 0.2) is 22.7 Å². The average molecular weight is 297 g/mol. The SMILES string of the molecule is Cc1cc(N2CCC(NC(C)C)C2)ccc1Br. The van der Waals surface area contributed by atoms with Crippen molar-refractivity contribution in [2.24, 2.45) is 0 Å². The molecule has 17 heavy (non-hydrogen) atoms. The summed E-state index contributed by atoms with van der Waals surface area (Å²) in [5, 5.41) is 3.62. The summed E-state index contributed by atoms with van der Waals surface area (Å²) >= 11 is 3.55. The first kappa shape index (κ1) is 12.9. The lowest BCUT2D eigenvalue weighted by Gasteiger charge is -2.21. The molecule has 1 N–H and O–H groups in total. The van der Waals surface area contributed by atoms with Crippen molar-refractivity contribution >= 4 is 21.6 Å². The van der Waals surface area contributed by atoms with Gasteiger partial charge in [-0.25, -0.2) is 0 Å². The number of hydrogen-bond donors (Lipinski definition) is 1. The van der Waals surface area contributed by atoms with Gasteiger partial charge in [0.25, 0.3) is 0 Å². The van der Waals surface area contributed by atoms with Crippen molar-refractivity contribution in [3.05, 3.63) is 28.2 Å². The standard InChI is InChI=1S/C14H21BrN2/c1-10(2)16-12-6-7-17(9-12)13-4-5-14(15)11(3)8-13/h4-5,8,10,12,16H,6-7,9H2,1-3H3. The molecular formula is C14H21BrN2. The van der Waals surface area contributed by atoms with Crippen molar-refractivity contribution < 1.29 is 0 Å². The maximum atomic E-state index is 3.62. The van der Waals surface area contributed by atoms with Gasteiger partial charge in [-0.15, -0.1) is 0 Å². The van der Waals surface area contributed by atoms with Gasteiger partial charge in [0.15, 0.2) is 0 Å². The highest BCUT2D eigenvalue weighted by atomic mass is 79.9. The van der Waals surface area contributed by atoms with E-state index in [1.165, 1.54) is 22.1 Å². The van der Waals surface area contributed by atoms with Gasteiger partial charge < -0.3 is 10.2 Å². The molecule has 0 bridgehead atoms. The molecule has 1 fully saturated rings. The smallest absolute Gasteiger partial charge is 0.0370 e. The van der Waals surface area contributed by atoms with Crippen LogP contribution in [0.3, 0.4) is 0 Å². The van der Waals surface area contributed by atoms with Crippen molar-refractivity contribution in [2.75, 3.05) is 18.0 Å². The Morgan fingerprint density at radius 2 is 2.18 bits per heavy atom. The highest BCUT2D eigenvalue weighted by Crippen LogP contribution is 2.25. The molecule has 1 aromatic carbocycles. The van der Waals surface area contributed by atoms with Crippen LogP contribution in [0.25, 0.3) is 0 Å². The molecule has 1 saturated heterocycles. The first-order valence-corrected chi connectivity index (χ1v) is 7.12. The zero-order valence-electron chi connectivity index (χ0n) is 10.8. The number of benzene rings is 1. The molecule has 1 aromatic rings. The quantitative estimate of drug-likeness (QED) is 0.920. The highest BCUT2D eigenvalue weighted by molar-refractivity contribution is 9.10. The van der Waals surface area contributed by atoms with Crippen LogP contribution in [0.5, 0.6) is 0 Å². The van der Waals surface area contributed by atoms with E-state index < -0.39 is 0 Å². The van der Waals surface area contributed by atoms with Crippen LogP contribution in [0.4, 0.5) is 5.69 Å². The summed E-state index contributed by atoms with van der Waals surface area (Å²) in [6.45, 7) is 8.86. The van der Waals surface area contributed by atoms with E-state index in [0.29, 0.717) is 12.1 Å². The van der Waals surface area contributed by atoms with Crippen molar-refractivity contribution in [2.45, 2.75) is 39.3 Å². The van der Waals surface area contributed by atoms with Crippen LogP contribution in [0, 0.1) is 6.92 Å². The van der Waals surface area contributed by atoms with Crippen LogP contribution in [0.1, 0.15) is 25.8 Å². The molecule has 1 atom stereocenters. The van der Waals surface area contributed by atoms with Crippen LogP contribution in [-0.4, -0.2) is 25.2 Å². The van der Waals surface area contributed by atoms with E-state index in [1.54, 1.807) is 0 Å². The first-order valence-electron chi connectivity index (χ1n) is 6.33. The van der Waals surface area contributed by atoms with E-state index in [4.69, 9.17) is 0 Å². The van der Waals surface area contributed by atoms with E-state index in [9.17, 15) is 0 Å². The Bertz CT molecular complexity index is 390. The van der Waals surface area contributed by atoms with Gasteiger partial charge >= 0.3 is 0 Å². The monoisotopic (exact) mass is 296 g/mol. The molecule has 0 aliphatic carbocycles. The van der Waals surface area contributed by atoms with Crippen LogP contribution >= 0.6 is 15.9 Å². The van der Waals surface area contributed by atoms with Crippen molar-refractivity contribution in [3.63, 3.8) is 0 Å². The fourth-order valence-corrected chi connectivity index (χ4v) is 2.67. The number of halogens is 1. The van der Waals surface area contributed by atoms with Gasteiger partial charge in [0.2, 0.25) is 0 Å². The number of nitrogens with zero attached hydrogens (tertiary/aromatic N) is 1. The van der Waals surface area contributed by atoms with Gasteiger partial charge in [0.1, 0.15) is 0 Å². The van der Waals surface area contributed by atoms with Crippen LogP contribution < -0.4 is 10.2 Å². The van der Waals surface area contributed by atoms with Gasteiger partial charge in [0, 0.05) is 35.3 Å². The summed E-state index contributed by atoms with van der Waals surface area (Å²) in [5.74, 6) is 0. The average Bonchev–Trinajstić information content (AvgIpc) is 2.69. The second-order valence-electron chi connectivity index (χ2n) is 5.19. The van der Waals surface area contributed by atoms with Gasteiger partial charge in [-0.3, -0.25) is 0 Å². The minimum Gasteiger partial charge on any atom is -0.370 e. The topological polar surface area (TPSA) is 15.3 Å². The normalized spacial score (nSPS) is 20.3. The third-order valence-corrected chi connectivity index (χ3v) is 4.15. The lowest BCUT2D eigenvalue weighted by Crippen LogP contribution is -2.37. The maximum Gasteiger partial charge on any atom is 0.0370 e. The molecule has 3 heteroatoms. The molecule has 1 unspecified atom stereocenters. The summed E-state index contributed by atoms with van der Waals surface area (Å²) in [7, 11) is 0. The third kappa shape index (κ3) is 3.23. The second kappa shape index (κ2) is 5.40. The summed E-state index contributed by atoms with van der Waals surface area (Å²) in [5.41, 5.74) is 2.65. The predicted molar refractivity (Wildman–Crippen MR) is 77.8 cm³/mol. The Morgan fingerprint density at radius 1 is 1.41 bits per heavy atom. The zero-order chi connectivity index (χ0) is 12.4. The Kier molecular flexibility index (Phi) is 4.10. The lowest BCUT2D eigenvalue weighted by molar-refractivity contribution is 0.492. The van der Waals surface area contributed by atoms with Crippen molar-refractivity contribution in [1.29, 1.82) is 0 Å². The molecule has 0 radical (unpaired) electrons. The van der Waals surface area contributed by atoms with E-state index >= 15 is 0 Å². The predicted octanol–water partition coefficient (Wildman–Crippen LogP) is 3.33. The maximum absolute atomic E-state index is 3.62. The summed E-state index contributed by atoms with van der Waals surface area (Å²) in [6, 6.07) is 7.83. The van der Waals surface area contributed by atoms with E-state index in [1.807, 2.05) is 0 Å². The van der Waals surface area contributed by atoms with Crippen molar-refractivity contribution in [3.8, 4) is 0 Å². The van der Waals surface area contributed by atoms with E-state index in [2.05, 4.69) is 65.1 Å². The molecule has 0 amide bonds. The Hall–Kier alpha value is -0.540. The van der Waals surface area contributed by atoms with Gasteiger partial charge in [-0.2, -0.15) is 0 Å². The number of rotatable bonds is 3. The number of aryl methyl sites for hydroxylation is 1. The zero-order valence-corrected chi connectivity index (χ0v) is 12.4. The summed E-state index contributed by atoms with van der Waals surface area (Å²) in [6.07, 6.45) is 1.24. The fourth-order valence-electron chi connectivity index (χ4n) is 2.43. The van der Waals surface area contributed by atoms with Crippen LogP contribution in [-0.2, 0) is 0 Å². The highest BCUT2D eigenvalue weighted by Gasteiger charge is 2.22. The molecule has 94 valence electrons. The van der Waals surface area contributed by atoms with Gasteiger partial charge in [-0.05, 0) is 37.1 Å². The minimum atomic E-state index is 0.576. The third-order valence-electron chi connectivity index (χ3n) is 3.26. The molecule has 1 aliphatic rings. The summed E-state index contributed by atoms with van der Waals surface area (Å²) in [4.78, 5) is 2.47. The molecular weight excluding hydrogens is 276 g/mol. The Morgan fingerprint density at radius 3 is 2.82 bits per heavy atom. The summed E-state index contributed by atoms with van der Waals surface area (Å²) < 4.78 is 1.19. The molecule has 0 spiro atoms. The van der Waals surface area contributed by atoms with Crippen LogP contribution in [0.2, 0.25) is 0 Å². The van der Waals surface area contributed by atoms with Crippen molar-refractivity contribution in [1.82, 2.24) is 5.32 Å². The molecule has 1 aliphatic heterocycles. The molecule has 2 nitrogen and oxygen atoms in total. The molecule has 2 rings (SSSR count). The van der Waals surface area contributed by atoms with Gasteiger partial charge in [0.05, 0.1) is 0 Å². The number of anilines is 1. The minimum absolute atomic E-state index is 0.576. The number of nitrogens with one attached hydrogen (secondary N) is 1. The second-order valence-corrected chi connectivity index (χ2v) is 6.04. The largest absolute Gasteiger partial charge is 0.370 e. The fraction of sp³-hybridized carbons (Fsp3) is 0.571. The molecule has 0 aromatic heterocycles. The number of hydrogen-bond acceptors (Lipinski definition) is 2. The Labute approximate surface area is 113 Å².